The molecule has 16 heteroatoms. The Morgan fingerprint density at radius 2 is 0.419 bits per heavy atom. The number of hydrogen-bond donors (Lipinski definition) is 8. The Morgan fingerprint density at radius 3 is 0.716 bits per heavy atom. The van der Waals surface area contributed by atoms with E-state index in [1.54, 1.807) is 0 Å². The summed E-state index contributed by atoms with van der Waals surface area (Å²) >= 11 is 0. The van der Waals surface area contributed by atoms with Crippen LogP contribution in [-0.4, -0.2) is 46.1 Å². The van der Waals surface area contributed by atoms with Crippen LogP contribution in [0.4, 0.5) is 80.6 Å². The van der Waals surface area contributed by atoms with E-state index in [9.17, 15) is 0 Å². The lowest BCUT2D eigenvalue weighted by Gasteiger charge is -2.70. The Kier molecular flexibility index (Phi) is 12.4. The molecule has 74 heavy (non-hydrogen) atoms. The fourth-order valence-electron chi connectivity index (χ4n) is 10.1. The topological polar surface area (TPSA) is 96.2 Å². The number of para-hydroxylation sites is 8. The second-order valence-corrected chi connectivity index (χ2v) is 18.0. The summed E-state index contributed by atoms with van der Waals surface area (Å²) in [6.07, 6.45) is 0. The Bertz CT molecular complexity index is 3200. The first-order valence-corrected chi connectivity index (χ1v) is 23.5. The number of fused-ring (bicyclic) bond motifs is 1. The molecule has 8 aromatic carbocycles. The maximum Gasteiger partial charge on any atom is 0.295 e. The van der Waals surface area contributed by atoms with Gasteiger partial charge < -0.3 is 42.5 Å². The minimum atomic E-state index is -4.93. The van der Waals surface area contributed by atoms with Crippen molar-refractivity contribution in [1.82, 2.24) is 0 Å². The average Bonchev–Trinajstić information content (AvgIpc) is 3.42. The zero-order chi connectivity index (χ0) is 51.7. The molecule has 376 valence electrons. The molecule has 8 N–H and O–H groups in total. The van der Waals surface area contributed by atoms with Crippen LogP contribution >= 0.6 is 0 Å². The molecule has 8 unspecified atom stereocenters. The van der Waals surface area contributed by atoms with E-state index in [1.807, 2.05) is 0 Å². The highest BCUT2D eigenvalue weighted by Crippen LogP contribution is 2.72. The van der Waals surface area contributed by atoms with E-state index < -0.39 is 103 Å². The van der Waals surface area contributed by atoms with Gasteiger partial charge >= 0.3 is 0 Å². The Morgan fingerprint density at radius 1 is 0.216 bits per heavy atom. The van der Waals surface area contributed by atoms with Gasteiger partial charge in [0.1, 0.15) is 0 Å². The third kappa shape index (κ3) is 7.57. The smallest absolute Gasteiger partial charge is 0.295 e. The summed E-state index contributed by atoms with van der Waals surface area (Å²) in [6, 6.07) is 53.0. The van der Waals surface area contributed by atoms with Gasteiger partial charge in [-0.3, -0.25) is 0 Å². The number of benzene rings is 8. The normalized spacial score (nSPS) is 29.2. The standard InChI is InChI=1S/C58H48F8N8/c59-50-49-51(67-41-25-9-1-10-26-41,54(62,70-44-31-15-4-16-32-44)57(65,73-47-37-21-7-22-38-47)53(50,61)69-43-29-13-3-14-30-43)55(63,71-45-33-17-5-18-34-45)58(66,74-48-39-23-8-24-40-48)56(64,72-46-35-19-6-20-36-46)52(49,60)68-42-27-11-2-12-28-42/h1-40,67-74H. The van der Waals surface area contributed by atoms with Crippen LogP contribution in [0.15, 0.2) is 254 Å². The van der Waals surface area contributed by atoms with Crippen LogP contribution in [0.5, 0.6) is 0 Å². The molecule has 0 radical (unpaired) electrons. The van der Waals surface area contributed by atoms with E-state index in [2.05, 4.69) is 42.5 Å². The van der Waals surface area contributed by atoms with Crippen molar-refractivity contribution in [3.8, 4) is 0 Å². The molecule has 1 saturated carbocycles. The molecule has 8 aromatic rings. The molecular formula is C58H48F8N8. The highest BCUT2D eigenvalue weighted by Gasteiger charge is 2.98. The fourth-order valence-corrected chi connectivity index (χ4v) is 10.1. The van der Waals surface area contributed by atoms with Crippen LogP contribution in [0.2, 0.25) is 0 Å². The summed E-state index contributed by atoms with van der Waals surface area (Å²) in [4.78, 5) is 0. The predicted molar refractivity (Wildman–Crippen MR) is 278 cm³/mol. The Balaban J connectivity index is 1.48. The SMILES string of the molecule is FC1=C2C(F)(Nc3ccccc3)C(F)(Nc3ccccc3)C(F)(Nc3ccccc3)C(F)(Nc3ccccc3)C2(Nc2ccccc2)C(F)(Nc2ccccc2)C(F)(Nc2ccccc2)C1(F)Nc1ccccc1. The molecule has 0 aliphatic heterocycles. The second kappa shape index (κ2) is 18.7. The van der Waals surface area contributed by atoms with Crippen molar-refractivity contribution in [2.45, 2.75) is 46.1 Å². The van der Waals surface area contributed by atoms with Gasteiger partial charge in [0.05, 0.1) is 5.57 Å². The molecule has 0 spiro atoms. The molecule has 1 fully saturated rings. The van der Waals surface area contributed by atoms with Gasteiger partial charge in [-0.05, 0) is 97.1 Å². The molecule has 10 rings (SSSR count). The minimum Gasteiger partial charge on any atom is -0.367 e. The van der Waals surface area contributed by atoms with Gasteiger partial charge in [-0.15, -0.1) is 0 Å². The molecule has 0 saturated heterocycles. The summed E-state index contributed by atoms with van der Waals surface area (Å²) in [6.45, 7) is 0. The van der Waals surface area contributed by atoms with Crippen molar-refractivity contribution in [3.05, 3.63) is 254 Å². The summed E-state index contributed by atoms with van der Waals surface area (Å²) in [7, 11) is 0. The minimum absolute atomic E-state index is 0.405. The first-order chi connectivity index (χ1) is 35.7. The number of nitrogens with one attached hydrogen (secondary N) is 8. The molecule has 2 aliphatic rings. The first-order valence-electron chi connectivity index (χ1n) is 23.5. The van der Waals surface area contributed by atoms with Crippen LogP contribution in [0.3, 0.4) is 0 Å². The van der Waals surface area contributed by atoms with Crippen LogP contribution in [-0.2, 0) is 0 Å². The summed E-state index contributed by atoms with van der Waals surface area (Å²) < 4.78 is 166. The van der Waals surface area contributed by atoms with Crippen molar-refractivity contribution in [1.29, 1.82) is 0 Å². The number of alkyl halides is 7. The van der Waals surface area contributed by atoms with Crippen LogP contribution < -0.4 is 42.5 Å². The maximum absolute atomic E-state index is 21.6. The quantitative estimate of drug-likeness (QED) is 0.0358. The van der Waals surface area contributed by atoms with Gasteiger partial charge in [0.25, 0.3) is 40.5 Å². The van der Waals surface area contributed by atoms with E-state index in [4.69, 9.17) is 0 Å². The van der Waals surface area contributed by atoms with Gasteiger partial charge in [-0.2, -0.15) is 0 Å². The summed E-state index contributed by atoms with van der Waals surface area (Å²) in [5, 5.41) is 18.4. The number of rotatable bonds is 16. The largest absolute Gasteiger partial charge is 0.367 e. The molecule has 2 aliphatic carbocycles. The fraction of sp³-hybridized carbons (Fsp3) is 0.138. The molecule has 8 nitrogen and oxygen atoms in total. The van der Waals surface area contributed by atoms with E-state index in [-0.39, 0.29) is 0 Å². The Hall–Kier alpha value is -8.66. The zero-order valence-electron chi connectivity index (χ0n) is 39.1. The Labute approximate surface area is 422 Å². The van der Waals surface area contributed by atoms with Gasteiger partial charge in [0, 0.05) is 45.5 Å². The van der Waals surface area contributed by atoms with E-state index >= 15 is 35.1 Å². The third-order valence-corrected chi connectivity index (χ3v) is 13.4. The third-order valence-electron chi connectivity index (χ3n) is 13.4. The maximum atomic E-state index is 21.6. The van der Waals surface area contributed by atoms with Gasteiger partial charge in [-0.1, -0.05) is 146 Å². The van der Waals surface area contributed by atoms with Crippen molar-refractivity contribution in [3.63, 3.8) is 0 Å². The summed E-state index contributed by atoms with van der Waals surface area (Å²) in [5.74, 6) is -36.7. The van der Waals surface area contributed by atoms with Crippen molar-refractivity contribution in [2.24, 2.45) is 0 Å². The van der Waals surface area contributed by atoms with Crippen LogP contribution in [0.1, 0.15) is 0 Å². The van der Waals surface area contributed by atoms with Crippen molar-refractivity contribution in [2.75, 3.05) is 42.5 Å². The van der Waals surface area contributed by atoms with Crippen molar-refractivity contribution >= 4 is 45.5 Å². The lowest BCUT2D eigenvalue weighted by Crippen LogP contribution is -2.98. The van der Waals surface area contributed by atoms with Gasteiger partial charge in [-0.25, -0.2) is 35.1 Å². The van der Waals surface area contributed by atoms with Crippen molar-refractivity contribution < 1.29 is 35.1 Å². The second-order valence-electron chi connectivity index (χ2n) is 18.0. The molecule has 8 atom stereocenters. The number of halogens is 8. The van der Waals surface area contributed by atoms with Gasteiger partial charge in [0.2, 0.25) is 0 Å². The van der Waals surface area contributed by atoms with Gasteiger partial charge in [0.15, 0.2) is 11.4 Å². The summed E-state index contributed by atoms with van der Waals surface area (Å²) in [5.41, 5.74) is -10.1. The average molecular weight is 1010 g/mol. The lowest BCUT2D eigenvalue weighted by atomic mass is 9.51. The van der Waals surface area contributed by atoms with Crippen LogP contribution in [0.25, 0.3) is 0 Å². The molecular weight excluding hydrogens is 961 g/mol. The molecule has 0 amide bonds. The van der Waals surface area contributed by atoms with E-state index in [1.165, 1.54) is 243 Å². The van der Waals surface area contributed by atoms with E-state index in [0.29, 0.717) is 0 Å². The molecule has 0 bridgehead atoms. The number of hydrogen-bond acceptors (Lipinski definition) is 8. The zero-order valence-corrected chi connectivity index (χ0v) is 39.1. The molecule has 0 heterocycles. The number of anilines is 8. The molecule has 0 aromatic heterocycles. The highest BCUT2D eigenvalue weighted by atomic mass is 19.2. The van der Waals surface area contributed by atoms with Crippen LogP contribution in [0, 0.1) is 0 Å². The van der Waals surface area contributed by atoms with E-state index in [0.717, 1.165) is 0 Å². The predicted octanol–water partition coefficient (Wildman–Crippen LogP) is 14.5. The lowest BCUT2D eigenvalue weighted by molar-refractivity contribution is -0.242. The first kappa shape index (κ1) is 48.9. The highest BCUT2D eigenvalue weighted by molar-refractivity contribution is 5.77. The monoisotopic (exact) mass is 1010 g/mol.